The van der Waals surface area contributed by atoms with E-state index in [2.05, 4.69) is 20.6 Å². The third kappa shape index (κ3) is 8.18. The summed E-state index contributed by atoms with van der Waals surface area (Å²) < 4.78 is 80.6. The van der Waals surface area contributed by atoms with Crippen molar-refractivity contribution in [2.75, 3.05) is 38.7 Å². The highest BCUT2D eigenvalue weighted by Gasteiger charge is 2.38. The molecule has 0 spiro atoms. The molecule has 2 fully saturated rings. The van der Waals surface area contributed by atoms with Gasteiger partial charge in [-0.2, -0.15) is 13.2 Å². The first kappa shape index (κ1) is 33.0. The van der Waals surface area contributed by atoms with E-state index in [1.54, 1.807) is 13.2 Å². The first-order valence-electron chi connectivity index (χ1n) is 14.7. The number of ether oxygens (including phenoxy) is 2. The molecule has 2 unspecified atom stereocenters. The summed E-state index contributed by atoms with van der Waals surface area (Å²) in [7, 11) is 1.64. The first-order valence-corrected chi connectivity index (χ1v) is 14.7. The number of aryl methyl sites for hydroxylation is 1. The molecule has 1 aromatic carbocycles. The van der Waals surface area contributed by atoms with E-state index >= 15 is 0 Å². The van der Waals surface area contributed by atoms with Crippen molar-refractivity contribution in [1.82, 2.24) is 20.2 Å². The van der Waals surface area contributed by atoms with E-state index in [0.717, 1.165) is 25.3 Å². The van der Waals surface area contributed by atoms with Gasteiger partial charge in [0.1, 0.15) is 11.5 Å². The Balaban J connectivity index is 1.52. The molecule has 2 aliphatic rings. The largest absolute Gasteiger partial charge is 0.451 e. The maximum absolute atomic E-state index is 14.0. The van der Waals surface area contributed by atoms with Crippen LogP contribution in [0, 0.1) is 6.92 Å². The number of likely N-dealkylation sites (tertiary alicyclic amines) is 1. The van der Waals surface area contributed by atoms with Crippen molar-refractivity contribution in [3.05, 3.63) is 52.0 Å². The van der Waals surface area contributed by atoms with Crippen LogP contribution in [-0.2, 0) is 34.5 Å². The van der Waals surface area contributed by atoms with Crippen LogP contribution in [0.25, 0.3) is 0 Å². The fourth-order valence-corrected chi connectivity index (χ4v) is 5.62. The van der Waals surface area contributed by atoms with Gasteiger partial charge in [0.15, 0.2) is 0 Å². The fourth-order valence-electron chi connectivity index (χ4n) is 5.62. The van der Waals surface area contributed by atoms with Crippen LogP contribution in [0.3, 0.4) is 0 Å². The lowest BCUT2D eigenvalue weighted by Gasteiger charge is -2.38. The molecular formula is C30H40F5N5O3. The van der Waals surface area contributed by atoms with Gasteiger partial charge in [0.25, 0.3) is 11.8 Å². The Kier molecular flexibility index (Phi) is 10.6. The van der Waals surface area contributed by atoms with Crippen LogP contribution in [0.1, 0.15) is 78.1 Å². The van der Waals surface area contributed by atoms with Gasteiger partial charge < -0.3 is 25.0 Å². The molecule has 2 aromatic rings. The summed E-state index contributed by atoms with van der Waals surface area (Å²) in [4.78, 5) is 22.4. The summed E-state index contributed by atoms with van der Waals surface area (Å²) in [6.45, 7) is 6.02. The van der Waals surface area contributed by atoms with Crippen molar-refractivity contribution in [3.8, 4) is 0 Å². The Bertz CT molecular complexity index is 1260. The van der Waals surface area contributed by atoms with Gasteiger partial charge in [-0.25, -0.2) is 18.7 Å². The minimum Gasteiger partial charge on any atom is -0.379 e. The molecule has 2 saturated heterocycles. The molecule has 0 bridgehead atoms. The Labute approximate surface area is 248 Å². The van der Waals surface area contributed by atoms with Crippen LogP contribution < -0.4 is 10.6 Å². The number of halogens is 5. The molecule has 13 heteroatoms. The van der Waals surface area contributed by atoms with Crippen molar-refractivity contribution < 1.29 is 36.2 Å². The van der Waals surface area contributed by atoms with Crippen molar-refractivity contribution in [3.63, 3.8) is 0 Å². The number of hydrogen-bond donors (Lipinski definition) is 2. The molecule has 1 aromatic heterocycles. The number of hydrogen-bond acceptors (Lipinski definition) is 7. The lowest BCUT2D eigenvalue weighted by atomic mass is 9.98. The third-order valence-electron chi connectivity index (χ3n) is 8.12. The molecule has 2 atom stereocenters. The molecule has 238 valence electrons. The molecule has 3 heterocycles. The minimum absolute atomic E-state index is 0.0478. The van der Waals surface area contributed by atoms with Gasteiger partial charge >= 0.3 is 6.18 Å². The molecule has 2 N–H and O–H groups in total. The van der Waals surface area contributed by atoms with Crippen LogP contribution in [0.15, 0.2) is 18.2 Å². The zero-order chi connectivity index (χ0) is 31.4. The van der Waals surface area contributed by atoms with E-state index in [-0.39, 0.29) is 47.4 Å². The van der Waals surface area contributed by atoms with Gasteiger partial charge in [0.2, 0.25) is 5.82 Å². The maximum Gasteiger partial charge on any atom is 0.451 e. The second kappa shape index (κ2) is 13.8. The summed E-state index contributed by atoms with van der Waals surface area (Å²) in [6, 6.07) is 4.59. The number of rotatable bonds is 10. The summed E-state index contributed by atoms with van der Waals surface area (Å²) >= 11 is 0. The van der Waals surface area contributed by atoms with Gasteiger partial charge in [-0.05, 0) is 49.8 Å². The van der Waals surface area contributed by atoms with Crippen molar-refractivity contribution in [2.45, 2.75) is 89.7 Å². The molecule has 4 rings (SSSR count). The number of carbonyl (C=O) groups is 1. The summed E-state index contributed by atoms with van der Waals surface area (Å²) in [5, 5.41) is 6.47. The Morgan fingerprint density at radius 1 is 1.12 bits per heavy atom. The number of benzene rings is 1. The number of amides is 1. The van der Waals surface area contributed by atoms with Crippen LogP contribution in [0.4, 0.5) is 27.8 Å². The molecule has 0 saturated carbocycles. The van der Waals surface area contributed by atoms with E-state index in [0.29, 0.717) is 51.1 Å². The monoisotopic (exact) mass is 613 g/mol. The average Bonchev–Trinajstić information content (AvgIpc) is 2.96. The molecule has 8 nitrogen and oxygen atoms in total. The van der Waals surface area contributed by atoms with Crippen LogP contribution >= 0.6 is 0 Å². The zero-order valence-electron chi connectivity index (χ0n) is 25.0. The van der Waals surface area contributed by atoms with Gasteiger partial charge in [-0.15, -0.1) is 0 Å². The highest BCUT2D eigenvalue weighted by Crippen LogP contribution is 2.32. The maximum atomic E-state index is 14.0. The van der Waals surface area contributed by atoms with Crippen molar-refractivity contribution in [1.29, 1.82) is 0 Å². The second-order valence-corrected chi connectivity index (χ2v) is 11.3. The number of nitrogens with one attached hydrogen (secondary N) is 2. The fraction of sp³-hybridized carbons (Fsp3) is 0.633. The normalized spacial score (nSPS) is 20.3. The summed E-state index contributed by atoms with van der Waals surface area (Å²) in [5.41, 5.74) is 0.967. The van der Waals surface area contributed by atoms with Crippen molar-refractivity contribution in [2.24, 2.45) is 0 Å². The number of methoxy groups -OCH3 is 1. The van der Waals surface area contributed by atoms with Gasteiger partial charge in [0, 0.05) is 63.5 Å². The molecule has 1 amide bonds. The second-order valence-electron chi connectivity index (χ2n) is 11.3. The summed E-state index contributed by atoms with van der Waals surface area (Å²) in [5.74, 6) is -5.28. The lowest BCUT2D eigenvalue weighted by Crippen LogP contribution is -2.54. The van der Waals surface area contributed by atoms with Crippen LogP contribution in [0.5, 0.6) is 0 Å². The van der Waals surface area contributed by atoms with Crippen LogP contribution in [0.2, 0.25) is 0 Å². The highest BCUT2D eigenvalue weighted by atomic mass is 19.4. The smallest absolute Gasteiger partial charge is 0.379 e. The van der Waals surface area contributed by atoms with E-state index in [4.69, 9.17) is 9.47 Å². The third-order valence-corrected chi connectivity index (χ3v) is 8.12. The molecule has 0 radical (unpaired) electrons. The van der Waals surface area contributed by atoms with Crippen molar-refractivity contribution >= 4 is 11.7 Å². The quantitative estimate of drug-likeness (QED) is 0.343. The summed E-state index contributed by atoms with van der Waals surface area (Å²) in [6.07, 6.45) is -1.54. The molecule has 0 aliphatic carbocycles. The van der Waals surface area contributed by atoms with E-state index in [1.807, 2.05) is 6.92 Å². The predicted molar refractivity (Wildman–Crippen MR) is 151 cm³/mol. The number of anilines is 1. The topological polar surface area (TPSA) is 88.6 Å². The Morgan fingerprint density at radius 2 is 1.84 bits per heavy atom. The minimum atomic E-state index is -4.89. The van der Waals surface area contributed by atoms with E-state index in [1.165, 1.54) is 24.0 Å². The number of aromatic nitrogens is 2. The lowest BCUT2D eigenvalue weighted by molar-refractivity contribution is -0.144. The van der Waals surface area contributed by atoms with Gasteiger partial charge in [0.05, 0.1) is 12.7 Å². The zero-order valence-corrected chi connectivity index (χ0v) is 25.0. The SMILES string of the molecule is CCCc1ccc(C(C)(F)F)cc1CNc1nc(C(F)(F)F)nc(C(=O)N2CCC(NC3CCOCC3OC)CC2)c1C. The first-order chi connectivity index (χ1) is 20.3. The molecular weight excluding hydrogens is 573 g/mol. The number of alkyl halides is 5. The van der Waals surface area contributed by atoms with E-state index < -0.39 is 23.8 Å². The standard InChI is InChI=1S/C30H40F5N5O3/c1-5-6-19-7-8-21(29(3,31)32)15-20(19)16-36-26-18(2)25(38-28(39-26)30(33,34)35)27(41)40-12-9-22(10-13-40)37-23-11-14-43-17-24(23)42-4/h7-8,15,22-24,37H,5-6,9-14,16-17H2,1-4H3,(H,36,38,39). The average molecular weight is 614 g/mol. The number of nitrogens with zero attached hydrogens (tertiary/aromatic N) is 3. The van der Waals surface area contributed by atoms with Gasteiger partial charge in [-0.1, -0.05) is 25.5 Å². The van der Waals surface area contributed by atoms with Crippen LogP contribution in [-0.4, -0.2) is 72.4 Å². The molecule has 2 aliphatic heterocycles. The number of piperidine rings is 1. The van der Waals surface area contributed by atoms with Gasteiger partial charge in [-0.3, -0.25) is 4.79 Å². The Morgan fingerprint density at radius 3 is 2.47 bits per heavy atom. The molecule has 43 heavy (non-hydrogen) atoms. The highest BCUT2D eigenvalue weighted by molar-refractivity contribution is 5.94. The Hall–Kier alpha value is -2.90. The van der Waals surface area contributed by atoms with E-state index in [9.17, 15) is 26.7 Å². The predicted octanol–water partition coefficient (Wildman–Crippen LogP) is 5.48. The number of carbonyl (C=O) groups excluding carboxylic acids is 1.